The Morgan fingerprint density at radius 3 is 1.60 bits per heavy atom. The number of rotatable bonds is 4. The van der Waals surface area contributed by atoms with E-state index in [2.05, 4.69) is 9.97 Å². The molecule has 20 heavy (non-hydrogen) atoms. The minimum absolute atomic E-state index is 0.114. The van der Waals surface area contributed by atoms with E-state index in [4.69, 9.17) is 11.5 Å². The second-order valence-electron chi connectivity index (χ2n) is 4.88. The number of aromatic nitrogens is 2. The summed E-state index contributed by atoms with van der Waals surface area (Å²) < 4.78 is 0. The number of hydrogen-bond acceptors (Lipinski definition) is 5. The lowest BCUT2D eigenvalue weighted by atomic mass is 9.87. The van der Waals surface area contributed by atoms with E-state index < -0.39 is 0 Å². The molecule has 2 heterocycles. The van der Waals surface area contributed by atoms with Crippen LogP contribution in [0.1, 0.15) is 36.8 Å². The van der Waals surface area contributed by atoms with Gasteiger partial charge in [0.15, 0.2) is 0 Å². The molecule has 0 saturated heterocycles. The Balaban J connectivity index is 2.17. The molecule has 0 spiro atoms. The summed E-state index contributed by atoms with van der Waals surface area (Å²) in [6.45, 7) is 3.74. The highest BCUT2D eigenvalue weighted by Gasteiger charge is 2.23. The fraction of sp³-hybridized carbons (Fsp3) is 0.267. The van der Waals surface area contributed by atoms with Gasteiger partial charge in [-0.2, -0.15) is 0 Å². The number of nitrogens with two attached hydrogens (primary N) is 2. The quantitative estimate of drug-likeness (QED) is 0.887. The van der Waals surface area contributed by atoms with Gasteiger partial charge in [0.25, 0.3) is 0 Å². The summed E-state index contributed by atoms with van der Waals surface area (Å²) in [7, 11) is 0. The third-order valence-electron chi connectivity index (χ3n) is 3.47. The molecule has 0 saturated carbocycles. The minimum Gasteiger partial charge on any atom is -0.384 e. The molecule has 104 valence electrons. The molecule has 5 nitrogen and oxygen atoms in total. The summed E-state index contributed by atoms with van der Waals surface area (Å²) in [5, 5.41) is 0. The van der Waals surface area contributed by atoms with Gasteiger partial charge in [-0.25, -0.2) is 9.97 Å². The standard InChI is InChI=1S/C15H18N4O/c1-9(11-3-5-13(16)18-7-11)15(20)10(2)12-4-6-14(17)19-8-12/h3-10H,1-2H3,(H2,16,18)(H2,17,19). The van der Waals surface area contributed by atoms with Gasteiger partial charge >= 0.3 is 0 Å². The van der Waals surface area contributed by atoms with Crippen molar-refractivity contribution in [1.82, 2.24) is 9.97 Å². The highest BCUT2D eigenvalue weighted by molar-refractivity contribution is 5.91. The van der Waals surface area contributed by atoms with Crippen LogP contribution in [0.3, 0.4) is 0 Å². The van der Waals surface area contributed by atoms with E-state index in [-0.39, 0.29) is 17.6 Å². The summed E-state index contributed by atoms with van der Waals surface area (Å²) >= 11 is 0. The Bertz CT molecular complexity index is 539. The van der Waals surface area contributed by atoms with E-state index in [1.165, 1.54) is 0 Å². The Morgan fingerprint density at radius 1 is 0.900 bits per heavy atom. The molecule has 2 atom stereocenters. The molecule has 2 rings (SSSR count). The van der Waals surface area contributed by atoms with Crippen LogP contribution in [-0.4, -0.2) is 15.8 Å². The van der Waals surface area contributed by atoms with Crippen LogP contribution in [0.2, 0.25) is 0 Å². The first kappa shape index (κ1) is 14.0. The van der Waals surface area contributed by atoms with Gasteiger partial charge in [-0.05, 0) is 23.3 Å². The molecule has 5 heteroatoms. The third-order valence-corrected chi connectivity index (χ3v) is 3.47. The highest BCUT2D eigenvalue weighted by atomic mass is 16.1. The number of nitrogen functional groups attached to an aromatic ring is 2. The van der Waals surface area contributed by atoms with Crippen molar-refractivity contribution < 1.29 is 4.79 Å². The second kappa shape index (κ2) is 5.69. The van der Waals surface area contributed by atoms with Crippen LogP contribution in [0.25, 0.3) is 0 Å². The molecule has 4 N–H and O–H groups in total. The van der Waals surface area contributed by atoms with Crippen LogP contribution in [0.15, 0.2) is 36.7 Å². The van der Waals surface area contributed by atoms with Gasteiger partial charge in [0.2, 0.25) is 0 Å². The molecule has 2 unspecified atom stereocenters. The molecule has 0 fully saturated rings. The Hall–Kier alpha value is -2.43. The molecule has 0 aliphatic rings. The van der Waals surface area contributed by atoms with Crippen LogP contribution >= 0.6 is 0 Å². The van der Waals surface area contributed by atoms with Crippen LogP contribution in [-0.2, 0) is 4.79 Å². The van der Waals surface area contributed by atoms with E-state index in [0.717, 1.165) is 11.1 Å². The smallest absolute Gasteiger partial charge is 0.147 e. The summed E-state index contributed by atoms with van der Waals surface area (Å²) in [6, 6.07) is 7.07. The summed E-state index contributed by atoms with van der Waals surface area (Å²) in [5.41, 5.74) is 12.8. The van der Waals surface area contributed by atoms with Crippen LogP contribution in [0.5, 0.6) is 0 Å². The van der Waals surface area contributed by atoms with E-state index >= 15 is 0 Å². The first-order valence-electron chi connectivity index (χ1n) is 6.45. The van der Waals surface area contributed by atoms with Gasteiger partial charge in [-0.15, -0.1) is 0 Å². The summed E-state index contributed by atoms with van der Waals surface area (Å²) in [4.78, 5) is 20.5. The Kier molecular flexibility index (Phi) is 3.98. The second-order valence-corrected chi connectivity index (χ2v) is 4.88. The Labute approximate surface area is 118 Å². The van der Waals surface area contributed by atoms with Crippen molar-refractivity contribution in [2.45, 2.75) is 25.7 Å². The largest absolute Gasteiger partial charge is 0.384 e. The molecule has 0 amide bonds. The van der Waals surface area contributed by atoms with Crippen LogP contribution in [0.4, 0.5) is 11.6 Å². The first-order valence-corrected chi connectivity index (χ1v) is 6.45. The molecular weight excluding hydrogens is 252 g/mol. The van der Waals surface area contributed by atoms with Crippen molar-refractivity contribution in [2.24, 2.45) is 0 Å². The fourth-order valence-electron chi connectivity index (χ4n) is 2.05. The lowest BCUT2D eigenvalue weighted by Gasteiger charge is -2.16. The summed E-state index contributed by atoms with van der Waals surface area (Å²) in [5.74, 6) is 0.530. The van der Waals surface area contributed by atoms with E-state index in [9.17, 15) is 4.79 Å². The first-order chi connectivity index (χ1) is 9.49. The highest BCUT2D eigenvalue weighted by Crippen LogP contribution is 2.25. The van der Waals surface area contributed by atoms with Gasteiger partial charge in [0.05, 0.1) is 0 Å². The normalized spacial score (nSPS) is 13.7. The maximum absolute atomic E-state index is 12.5. The number of ketones is 1. The molecule has 0 aliphatic heterocycles. The lowest BCUT2D eigenvalue weighted by molar-refractivity contribution is -0.121. The van der Waals surface area contributed by atoms with Gasteiger partial charge in [0.1, 0.15) is 17.4 Å². The van der Waals surface area contributed by atoms with Gasteiger partial charge < -0.3 is 11.5 Å². The molecule has 2 aromatic rings. The Morgan fingerprint density at radius 2 is 1.30 bits per heavy atom. The van der Waals surface area contributed by atoms with Crippen molar-refractivity contribution in [2.75, 3.05) is 11.5 Å². The number of pyridine rings is 2. The molecular formula is C15H18N4O. The molecule has 0 radical (unpaired) electrons. The van der Waals surface area contributed by atoms with E-state index in [1.54, 1.807) is 24.5 Å². The number of Topliss-reactive ketones (excluding diaryl/α,β-unsaturated/α-hetero) is 1. The maximum Gasteiger partial charge on any atom is 0.147 e. The zero-order valence-corrected chi connectivity index (χ0v) is 11.6. The third kappa shape index (κ3) is 2.93. The lowest BCUT2D eigenvalue weighted by Crippen LogP contribution is -2.17. The van der Waals surface area contributed by atoms with Crippen LogP contribution < -0.4 is 11.5 Å². The van der Waals surface area contributed by atoms with E-state index in [0.29, 0.717) is 11.6 Å². The SMILES string of the molecule is CC(C(=O)C(C)c1ccc(N)nc1)c1ccc(N)nc1. The number of anilines is 2. The minimum atomic E-state index is -0.240. The predicted octanol–water partition coefficient (Wildman–Crippen LogP) is 2.12. The number of carbonyl (C=O) groups is 1. The van der Waals surface area contributed by atoms with Crippen molar-refractivity contribution in [3.8, 4) is 0 Å². The number of carbonyl (C=O) groups excluding carboxylic acids is 1. The predicted molar refractivity (Wildman–Crippen MR) is 79.1 cm³/mol. The van der Waals surface area contributed by atoms with Crippen molar-refractivity contribution in [3.05, 3.63) is 47.8 Å². The zero-order valence-electron chi connectivity index (χ0n) is 11.6. The topological polar surface area (TPSA) is 94.9 Å². The molecule has 0 bridgehead atoms. The van der Waals surface area contributed by atoms with Crippen molar-refractivity contribution >= 4 is 17.4 Å². The van der Waals surface area contributed by atoms with E-state index in [1.807, 2.05) is 26.0 Å². The zero-order chi connectivity index (χ0) is 14.7. The van der Waals surface area contributed by atoms with Gasteiger partial charge in [-0.3, -0.25) is 4.79 Å². The van der Waals surface area contributed by atoms with Crippen molar-refractivity contribution in [1.29, 1.82) is 0 Å². The number of nitrogens with zero attached hydrogens (tertiary/aromatic N) is 2. The van der Waals surface area contributed by atoms with Gasteiger partial charge in [-0.1, -0.05) is 26.0 Å². The number of hydrogen-bond donors (Lipinski definition) is 2. The average Bonchev–Trinajstić information content (AvgIpc) is 2.46. The molecule has 2 aromatic heterocycles. The van der Waals surface area contributed by atoms with Crippen LogP contribution in [0, 0.1) is 0 Å². The average molecular weight is 270 g/mol. The van der Waals surface area contributed by atoms with Crippen molar-refractivity contribution in [3.63, 3.8) is 0 Å². The monoisotopic (exact) mass is 270 g/mol. The van der Waals surface area contributed by atoms with Gasteiger partial charge in [0, 0.05) is 24.2 Å². The molecule has 0 aromatic carbocycles. The fourth-order valence-corrected chi connectivity index (χ4v) is 2.05. The summed E-state index contributed by atoms with van der Waals surface area (Å²) in [6.07, 6.45) is 3.29. The maximum atomic E-state index is 12.5. The molecule has 0 aliphatic carbocycles.